The van der Waals surface area contributed by atoms with Gasteiger partial charge in [0.1, 0.15) is 17.1 Å². The van der Waals surface area contributed by atoms with Gasteiger partial charge >= 0.3 is 12.1 Å². The molecule has 0 aliphatic rings. The molecular weight excluding hydrogens is 279 g/mol. The Morgan fingerprint density at radius 2 is 2.20 bits per heavy atom. The SMILES string of the molecule is O=C(O)c1cnc(C(F)(F)F)nc1NCc1ccco1. The number of hydrogen-bond acceptors (Lipinski definition) is 5. The number of rotatable bonds is 4. The Hall–Kier alpha value is -2.58. The van der Waals surface area contributed by atoms with E-state index in [1.54, 1.807) is 12.1 Å². The average Bonchev–Trinajstić information content (AvgIpc) is 2.87. The highest BCUT2D eigenvalue weighted by atomic mass is 19.4. The molecule has 2 aromatic rings. The molecule has 0 spiro atoms. The third kappa shape index (κ3) is 3.05. The fraction of sp³-hybridized carbons (Fsp3) is 0.182. The van der Waals surface area contributed by atoms with Crippen molar-refractivity contribution in [1.29, 1.82) is 0 Å². The Bertz CT molecular complexity index is 611. The largest absolute Gasteiger partial charge is 0.477 e. The lowest BCUT2D eigenvalue weighted by molar-refractivity contribution is -0.144. The van der Waals surface area contributed by atoms with Gasteiger partial charge in [-0.2, -0.15) is 13.2 Å². The number of aromatic nitrogens is 2. The smallest absolute Gasteiger partial charge is 0.451 e. The standard InChI is InChI=1S/C11H8F3N3O3/c12-11(13,14)10-16-5-7(9(18)19)8(17-10)15-4-6-2-1-3-20-6/h1-3,5H,4H2,(H,18,19)(H,15,16,17). The summed E-state index contributed by atoms with van der Waals surface area (Å²) in [5.74, 6) is -2.84. The summed E-state index contributed by atoms with van der Waals surface area (Å²) >= 11 is 0. The molecule has 9 heteroatoms. The van der Waals surface area contributed by atoms with E-state index in [2.05, 4.69) is 15.3 Å². The summed E-state index contributed by atoms with van der Waals surface area (Å²) in [5, 5.41) is 11.4. The van der Waals surface area contributed by atoms with Crippen LogP contribution in [0.2, 0.25) is 0 Å². The molecule has 2 rings (SSSR count). The van der Waals surface area contributed by atoms with Crippen molar-refractivity contribution in [3.05, 3.63) is 41.7 Å². The second-order valence-corrected chi connectivity index (χ2v) is 3.69. The van der Waals surface area contributed by atoms with E-state index in [1.807, 2.05) is 0 Å². The fourth-order valence-corrected chi connectivity index (χ4v) is 1.39. The number of carboxylic acids is 1. The maximum absolute atomic E-state index is 12.5. The first-order valence-corrected chi connectivity index (χ1v) is 5.31. The van der Waals surface area contributed by atoms with Gasteiger partial charge in [0.05, 0.1) is 12.8 Å². The van der Waals surface area contributed by atoms with Crippen molar-refractivity contribution >= 4 is 11.8 Å². The number of nitrogens with zero attached hydrogens (tertiary/aromatic N) is 2. The Labute approximate surface area is 110 Å². The van der Waals surface area contributed by atoms with Gasteiger partial charge in [-0.3, -0.25) is 0 Å². The fourth-order valence-electron chi connectivity index (χ4n) is 1.39. The molecule has 0 bridgehead atoms. The molecule has 0 aliphatic heterocycles. The zero-order valence-electron chi connectivity index (χ0n) is 9.81. The summed E-state index contributed by atoms with van der Waals surface area (Å²) in [6.45, 7) is 0.00158. The van der Waals surface area contributed by atoms with E-state index in [4.69, 9.17) is 9.52 Å². The minimum atomic E-state index is -4.75. The van der Waals surface area contributed by atoms with Gasteiger partial charge in [-0.15, -0.1) is 0 Å². The van der Waals surface area contributed by atoms with Crippen molar-refractivity contribution in [2.45, 2.75) is 12.7 Å². The lowest BCUT2D eigenvalue weighted by atomic mass is 10.3. The van der Waals surface area contributed by atoms with E-state index in [-0.39, 0.29) is 6.54 Å². The zero-order chi connectivity index (χ0) is 14.8. The summed E-state index contributed by atoms with van der Waals surface area (Å²) in [6.07, 6.45) is -2.75. The van der Waals surface area contributed by atoms with Gasteiger partial charge in [0.25, 0.3) is 0 Å². The van der Waals surface area contributed by atoms with Crippen molar-refractivity contribution in [1.82, 2.24) is 9.97 Å². The number of carboxylic acid groups (broad SMARTS) is 1. The van der Waals surface area contributed by atoms with Crippen molar-refractivity contribution in [2.75, 3.05) is 5.32 Å². The van der Waals surface area contributed by atoms with Crippen molar-refractivity contribution in [2.24, 2.45) is 0 Å². The molecule has 106 valence electrons. The second-order valence-electron chi connectivity index (χ2n) is 3.69. The molecule has 0 saturated carbocycles. The summed E-state index contributed by atoms with van der Waals surface area (Å²) in [5.41, 5.74) is -0.454. The van der Waals surface area contributed by atoms with Crippen molar-refractivity contribution in [3.63, 3.8) is 0 Å². The van der Waals surface area contributed by atoms with Crippen LogP contribution in [-0.2, 0) is 12.7 Å². The third-order valence-electron chi connectivity index (χ3n) is 2.28. The topological polar surface area (TPSA) is 88.2 Å². The van der Waals surface area contributed by atoms with Crippen LogP contribution in [0.5, 0.6) is 0 Å². The molecule has 0 saturated heterocycles. The number of carbonyl (C=O) groups is 1. The van der Waals surface area contributed by atoms with Crippen molar-refractivity contribution in [3.8, 4) is 0 Å². The number of hydrogen-bond donors (Lipinski definition) is 2. The molecule has 0 aromatic carbocycles. The lowest BCUT2D eigenvalue weighted by Gasteiger charge is -2.10. The van der Waals surface area contributed by atoms with Crippen LogP contribution in [0.4, 0.5) is 19.0 Å². The number of furan rings is 1. The van der Waals surface area contributed by atoms with Crippen LogP contribution in [0.15, 0.2) is 29.0 Å². The second kappa shape index (κ2) is 5.19. The van der Waals surface area contributed by atoms with Gasteiger partial charge in [0.2, 0.25) is 5.82 Å². The summed E-state index contributed by atoms with van der Waals surface area (Å²) in [6, 6.07) is 3.18. The number of halogens is 3. The molecule has 2 heterocycles. The van der Waals surface area contributed by atoms with Crippen LogP contribution in [0.3, 0.4) is 0 Å². The van der Waals surface area contributed by atoms with Gasteiger partial charge in [-0.1, -0.05) is 0 Å². The van der Waals surface area contributed by atoms with E-state index in [9.17, 15) is 18.0 Å². The van der Waals surface area contributed by atoms with E-state index < -0.39 is 29.4 Å². The lowest BCUT2D eigenvalue weighted by Crippen LogP contribution is -2.16. The molecule has 20 heavy (non-hydrogen) atoms. The highest BCUT2D eigenvalue weighted by Gasteiger charge is 2.35. The number of anilines is 1. The van der Waals surface area contributed by atoms with Gasteiger partial charge in [-0.05, 0) is 12.1 Å². The molecule has 0 atom stereocenters. The minimum absolute atomic E-state index is 0.00158. The highest BCUT2D eigenvalue weighted by molar-refractivity contribution is 5.92. The molecular formula is C11H8F3N3O3. The molecule has 6 nitrogen and oxygen atoms in total. The zero-order valence-corrected chi connectivity index (χ0v) is 9.81. The number of aromatic carboxylic acids is 1. The van der Waals surface area contributed by atoms with Crippen LogP contribution in [0, 0.1) is 0 Å². The van der Waals surface area contributed by atoms with E-state index in [1.165, 1.54) is 6.26 Å². The van der Waals surface area contributed by atoms with Crippen LogP contribution < -0.4 is 5.32 Å². The van der Waals surface area contributed by atoms with Gasteiger partial charge < -0.3 is 14.8 Å². The first-order valence-electron chi connectivity index (χ1n) is 5.31. The summed E-state index contributed by atoms with van der Waals surface area (Å²) < 4.78 is 42.5. The normalized spacial score (nSPS) is 11.3. The van der Waals surface area contributed by atoms with Crippen molar-refractivity contribution < 1.29 is 27.5 Å². The van der Waals surface area contributed by atoms with E-state index in [0.717, 1.165) is 0 Å². The highest BCUT2D eigenvalue weighted by Crippen LogP contribution is 2.27. The molecule has 0 fully saturated rings. The Balaban J connectivity index is 2.29. The monoisotopic (exact) mass is 287 g/mol. The van der Waals surface area contributed by atoms with Crippen LogP contribution >= 0.6 is 0 Å². The molecule has 0 unspecified atom stereocenters. The third-order valence-corrected chi connectivity index (χ3v) is 2.28. The predicted octanol–water partition coefficient (Wildman–Crippen LogP) is 2.40. The van der Waals surface area contributed by atoms with E-state index >= 15 is 0 Å². The molecule has 2 aromatic heterocycles. The van der Waals surface area contributed by atoms with Crippen LogP contribution in [0.25, 0.3) is 0 Å². The predicted molar refractivity (Wildman–Crippen MR) is 60.0 cm³/mol. The maximum atomic E-state index is 12.5. The van der Waals surface area contributed by atoms with Gasteiger partial charge in [0.15, 0.2) is 0 Å². The molecule has 0 radical (unpaired) electrons. The molecule has 2 N–H and O–H groups in total. The first kappa shape index (κ1) is 13.8. The Kier molecular flexibility index (Phi) is 3.59. The van der Waals surface area contributed by atoms with E-state index in [0.29, 0.717) is 12.0 Å². The van der Waals surface area contributed by atoms with Crippen LogP contribution in [-0.4, -0.2) is 21.0 Å². The quantitative estimate of drug-likeness (QED) is 0.897. The van der Waals surface area contributed by atoms with Gasteiger partial charge in [-0.25, -0.2) is 14.8 Å². The summed E-state index contributed by atoms with van der Waals surface area (Å²) in [7, 11) is 0. The average molecular weight is 287 g/mol. The maximum Gasteiger partial charge on any atom is 0.451 e. The minimum Gasteiger partial charge on any atom is -0.477 e. The number of alkyl halides is 3. The van der Waals surface area contributed by atoms with Crippen LogP contribution in [0.1, 0.15) is 21.9 Å². The first-order chi connectivity index (χ1) is 9.38. The number of nitrogens with one attached hydrogen (secondary N) is 1. The van der Waals surface area contributed by atoms with Gasteiger partial charge in [0, 0.05) is 6.20 Å². The summed E-state index contributed by atoms with van der Waals surface area (Å²) in [4.78, 5) is 17.1. The Morgan fingerprint density at radius 1 is 1.45 bits per heavy atom. The Morgan fingerprint density at radius 3 is 2.75 bits per heavy atom. The molecule has 0 amide bonds. The molecule has 0 aliphatic carbocycles.